The second-order valence-electron chi connectivity index (χ2n) is 5.65. The molecule has 0 unspecified atom stereocenters. The van der Waals surface area contributed by atoms with Crippen LogP contribution in [0, 0.1) is 17.0 Å². The molecule has 0 aliphatic carbocycles. The Bertz CT molecular complexity index is 1170. The number of nitro benzene ring substituents is 1. The highest BCUT2D eigenvalue weighted by atomic mass is 35.5. The van der Waals surface area contributed by atoms with E-state index in [1.54, 1.807) is 29.7 Å². The second kappa shape index (κ2) is 6.97. The van der Waals surface area contributed by atoms with E-state index < -0.39 is 14.9 Å². The molecule has 0 saturated carbocycles. The molecule has 140 valence electrons. The third kappa shape index (κ3) is 3.62. The van der Waals surface area contributed by atoms with Crippen molar-refractivity contribution in [1.82, 2.24) is 13.8 Å². The van der Waals surface area contributed by atoms with Crippen LogP contribution < -0.4 is 0 Å². The standard InChI is InChI=1S/C16H14ClN5O4S/c1-11-3-5-13(22(23)24)7-15(11)27(25,26)20(2)19-9-14-8-18-16-6-4-12(17)10-21(14)16/h3-10H,1-2H3/b19-9+. The smallest absolute Gasteiger partial charge is 0.279 e. The number of imidazole rings is 1. The number of sulfonamides is 1. The van der Waals surface area contributed by atoms with E-state index in [-0.39, 0.29) is 10.6 Å². The lowest BCUT2D eigenvalue weighted by Crippen LogP contribution is -2.23. The molecule has 0 aliphatic rings. The van der Waals surface area contributed by atoms with E-state index in [4.69, 9.17) is 11.6 Å². The quantitative estimate of drug-likeness (QED) is 0.367. The number of aromatic nitrogens is 2. The van der Waals surface area contributed by atoms with E-state index in [1.807, 2.05) is 0 Å². The maximum Gasteiger partial charge on any atom is 0.279 e. The molecule has 0 atom stereocenters. The summed E-state index contributed by atoms with van der Waals surface area (Å²) in [5.41, 5.74) is 1.21. The van der Waals surface area contributed by atoms with Gasteiger partial charge in [-0.1, -0.05) is 17.7 Å². The minimum atomic E-state index is -4.07. The normalized spacial score (nSPS) is 12.0. The van der Waals surface area contributed by atoms with Crippen molar-refractivity contribution < 1.29 is 13.3 Å². The Morgan fingerprint density at radius 3 is 2.78 bits per heavy atom. The Labute approximate surface area is 159 Å². The van der Waals surface area contributed by atoms with Gasteiger partial charge in [0, 0.05) is 25.4 Å². The molecule has 0 saturated heterocycles. The van der Waals surface area contributed by atoms with Gasteiger partial charge in [0.25, 0.3) is 15.7 Å². The Hall–Kier alpha value is -2.98. The van der Waals surface area contributed by atoms with E-state index in [9.17, 15) is 18.5 Å². The summed E-state index contributed by atoms with van der Waals surface area (Å²) in [7, 11) is -2.81. The zero-order chi connectivity index (χ0) is 19.8. The predicted molar refractivity (Wildman–Crippen MR) is 101 cm³/mol. The number of rotatable bonds is 5. The van der Waals surface area contributed by atoms with E-state index in [0.717, 1.165) is 10.5 Å². The summed E-state index contributed by atoms with van der Waals surface area (Å²) in [5, 5.41) is 15.4. The third-order valence-electron chi connectivity index (χ3n) is 3.86. The van der Waals surface area contributed by atoms with Gasteiger partial charge in [-0.3, -0.25) is 14.5 Å². The number of halogens is 1. The van der Waals surface area contributed by atoms with Crippen LogP contribution in [-0.2, 0) is 10.0 Å². The molecule has 2 heterocycles. The SMILES string of the molecule is Cc1ccc([N+](=O)[O-])cc1S(=O)(=O)N(C)/N=C/c1cnc2ccc(Cl)cn12. The Morgan fingerprint density at radius 2 is 2.07 bits per heavy atom. The van der Waals surface area contributed by atoms with Crippen molar-refractivity contribution in [3.63, 3.8) is 0 Å². The van der Waals surface area contributed by atoms with Crippen LogP contribution in [0.4, 0.5) is 5.69 Å². The van der Waals surface area contributed by atoms with E-state index in [2.05, 4.69) is 10.1 Å². The van der Waals surface area contributed by atoms with Crippen molar-refractivity contribution in [1.29, 1.82) is 0 Å². The number of hydrogen-bond donors (Lipinski definition) is 0. The predicted octanol–water partition coefficient (Wildman–Crippen LogP) is 2.86. The zero-order valence-corrected chi connectivity index (χ0v) is 15.8. The Morgan fingerprint density at radius 1 is 1.33 bits per heavy atom. The van der Waals surface area contributed by atoms with Crippen molar-refractivity contribution in [3.05, 3.63) is 69.1 Å². The van der Waals surface area contributed by atoms with Crippen LogP contribution in [0.2, 0.25) is 5.02 Å². The monoisotopic (exact) mass is 407 g/mol. The molecule has 0 N–H and O–H groups in total. The number of nitrogens with zero attached hydrogens (tertiary/aromatic N) is 5. The molecule has 0 radical (unpaired) electrons. The molecule has 0 amide bonds. The maximum atomic E-state index is 12.8. The van der Waals surface area contributed by atoms with Crippen molar-refractivity contribution in [2.24, 2.45) is 5.10 Å². The molecular weight excluding hydrogens is 394 g/mol. The van der Waals surface area contributed by atoms with Crippen LogP contribution in [0.15, 0.2) is 52.7 Å². The fourth-order valence-corrected chi connectivity index (χ4v) is 3.76. The molecule has 1 aromatic carbocycles. The average Bonchev–Trinajstić information content (AvgIpc) is 3.01. The summed E-state index contributed by atoms with van der Waals surface area (Å²) in [6.45, 7) is 1.56. The molecule has 11 heteroatoms. The van der Waals surface area contributed by atoms with Gasteiger partial charge in [-0.05, 0) is 24.6 Å². The average molecular weight is 408 g/mol. The molecular formula is C16H14ClN5O4S. The minimum Gasteiger partial charge on any atom is -0.297 e. The van der Waals surface area contributed by atoms with Gasteiger partial charge >= 0.3 is 0 Å². The molecule has 27 heavy (non-hydrogen) atoms. The van der Waals surface area contributed by atoms with Crippen LogP contribution >= 0.6 is 11.6 Å². The maximum absolute atomic E-state index is 12.8. The summed E-state index contributed by atoms with van der Waals surface area (Å²) in [5.74, 6) is 0. The van der Waals surface area contributed by atoms with Gasteiger partial charge < -0.3 is 0 Å². The Balaban J connectivity index is 1.96. The third-order valence-corrected chi connectivity index (χ3v) is 5.87. The number of benzene rings is 1. The lowest BCUT2D eigenvalue weighted by Gasteiger charge is -2.15. The van der Waals surface area contributed by atoms with Gasteiger partial charge in [-0.25, -0.2) is 4.98 Å². The molecule has 3 aromatic rings. The lowest BCUT2D eigenvalue weighted by molar-refractivity contribution is -0.385. The van der Waals surface area contributed by atoms with Gasteiger partial charge in [0.15, 0.2) is 0 Å². The Kier molecular flexibility index (Phi) is 4.85. The van der Waals surface area contributed by atoms with Gasteiger partial charge in [-0.15, -0.1) is 0 Å². The number of fused-ring (bicyclic) bond motifs is 1. The number of aryl methyl sites for hydroxylation is 1. The first-order chi connectivity index (χ1) is 12.7. The number of hydrazone groups is 1. The zero-order valence-electron chi connectivity index (χ0n) is 14.3. The van der Waals surface area contributed by atoms with E-state index in [1.165, 1.54) is 31.6 Å². The first kappa shape index (κ1) is 18.8. The van der Waals surface area contributed by atoms with Crippen molar-refractivity contribution in [2.75, 3.05) is 7.05 Å². The molecule has 2 aromatic heterocycles. The van der Waals surface area contributed by atoms with E-state index in [0.29, 0.717) is 21.9 Å². The van der Waals surface area contributed by atoms with Crippen LogP contribution in [0.3, 0.4) is 0 Å². The molecule has 0 aliphatic heterocycles. The van der Waals surface area contributed by atoms with Crippen molar-refractivity contribution >= 4 is 39.2 Å². The minimum absolute atomic E-state index is 0.183. The molecule has 9 nitrogen and oxygen atoms in total. The second-order valence-corrected chi connectivity index (χ2v) is 8.00. The lowest BCUT2D eigenvalue weighted by atomic mass is 10.2. The molecule has 0 bridgehead atoms. The van der Waals surface area contributed by atoms with Gasteiger partial charge in [0.2, 0.25) is 0 Å². The van der Waals surface area contributed by atoms with Crippen LogP contribution in [0.1, 0.15) is 11.3 Å². The summed E-state index contributed by atoms with van der Waals surface area (Å²) in [6.07, 6.45) is 4.47. The first-order valence-corrected chi connectivity index (χ1v) is 9.42. The first-order valence-electron chi connectivity index (χ1n) is 7.61. The summed E-state index contributed by atoms with van der Waals surface area (Å²) >= 11 is 5.97. The molecule has 3 rings (SSSR count). The number of pyridine rings is 1. The summed E-state index contributed by atoms with van der Waals surface area (Å²) in [4.78, 5) is 14.3. The highest BCUT2D eigenvalue weighted by Crippen LogP contribution is 2.24. The van der Waals surface area contributed by atoms with Crippen LogP contribution in [-0.4, -0.2) is 40.4 Å². The van der Waals surface area contributed by atoms with Crippen molar-refractivity contribution in [3.8, 4) is 0 Å². The van der Waals surface area contributed by atoms with Crippen molar-refractivity contribution in [2.45, 2.75) is 11.8 Å². The fraction of sp³-hybridized carbons (Fsp3) is 0.125. The summed E-state index contributed by atoms with van der Waals surface area (Å²) in [6, 6.07) is 7.05. The van der Waals surface area contributed by atoms with Gasteiger partial charge in [-0.2, -0.15) is 17.9 Å². The summed E-state index contributed by atoms with van der Waals surface area (Å²) < 4.78 is 27.9. The van der Waals surface area contributed by atoms with Gasteiger partial charge in [0.05, 0.1) is 32.9 Å². The number of nitro groups is 1. The largest absolute Gasteiger partial charge is 0.297 e. The number of hydrogen-bond acceptors (Lipinski definition) is 6. The highest BCUT2D eigenvalue weighted by Gasteiger charge is 2.24. The molecule has 0 spiro atoms. The van der Waals surface area contributed by atoms with Crippen LogP contribution in [0.5, 0.6) is 0 Å². The fourth-order valence-electron chi connectivity index (χ4n) is 2.39. The number of non-ortho nitro benzene ring substituents is 1. The van der Waals surface area contributed by atoms with Crippen LogP contribution in [0.25, 0.3) is 5.65 Å². The topological polar surface area (TPSA) is 110 Å². The highest BCUT2D eigenvalue weighted by molar-refractivity contribution is 7.89. The van der Waals surface area contributed by atoms with E-state index >= 15 is 0 Å². The molecule has 0 fully saturated rings. The van der Waals surface area contributed by atoms with Gasteiger partial charge in [0.1, 0.15) is 5.65 Å².